The van der Waals surface area contributed by atoms with Gasteiger partial charge in [-0.3, -0.25) is 0 Å². The number of hydrogen-bond donors (Lipinski definition) is 1. The average molecular weight is 297 g/mol. The van der Waals surface area contributed by atoms with Crippen molar-refractivity contribution in [2.24, 2.45) is 0 Å². The zero-order valence-electron chi connectivity index (χ0n) is 10.5. The van der Waals surface area contributed by atoms with E-state index in [4.69, 9.17) is 27.9 Å². The van der Waals surface area contributed by atoms with E-state index in [0.717, 1.165) is 11.1 Å². The third-order valence-corrected chi connectivity index (χ3v) is 3.29. The fourth-order valence-corrected chi connectivity index (χ4v) is 2.13. The van der Waals surface area contributed by atoms with Crippen LogP contribution in [0.4, 0.5) is 0 Å². The molecule has 0 fully saturated rings. The summed E-state index contributed by atoms with van der Waals surface area (Å²) >= 11 is 12.0. The molecular formula is C14H14Cl2N2O. The van der Waals surface area contributed by atoms with Crippen molar-refractivity contribution in [1.29, 1.82) is 0 Å². The van der Waals surface area contributed by atoms with Gasteiger partial charge in [0, 0.05) is 34.9 Å². The molecule has 1 N–H and O–H groups in total. The zero-order valence-corrected chi connectivity index (χ0v) is 12.0. The Balaban J connectivity index is 1.98. The van der Waals surface area contributed by atoms with E-state index in [0.29, 0.717) is 29.0 Å². The first kappa shape index (κ1) is 14.1. The van der Waals surface area contributed by atoms with Crippen molar-refractivity contribution in [2.45, 2.75) is 13.1 Å². The van der Waals surface area contributed by atoms with Crippen molar-refractivity contribution in [3.63, 3.8) is 0 Å². The number of hydrogen-bond acceptors (Lipinski definition) is 3. The van der Waals surface area contributed by atoms with Crippen molar-refractivity contribution >= 4 is 23.2 Å². The second-order valence-electron chi connectivity index (χ2n) is 4.01. The molecule has 0 bridgehead atoms. The number of nitrogens with zero attached hydrogens (tertiary/aromatic N) is 1. The lowest BCUT2D eigenvalue weighted by Crippen LogP contribution is -2.14. The molecule has 2 aromatic rings. The molecule has 2 rings (SSSR count). The van der Waals surface area contributed by atoms with Gasteiger partial charge < -0.3 is 10.1 Å². The molecule has 0 spiro atoms. The minimum atomic E-state index is 0.632. The maximum atomic E-state index is 6.10. The predicted molar refractivity (Wildman–Crippen MR) is 77.8 cm³/mol. The predicted octanol–water partition coefficient (Wildman–Crippen LogP) is 3.69. The second-order valence-corrected chi connectivity index (χ2v) is 4.85. The number of nitrogens with one attached hydrogen (secondary N) is 1. The number of ether oxygens (including phenoxy) is 1. The molecule has 1 heterocycles. The van der Waals surface area contributed by atoms with Gasteiger partial charge in [-0.15, -0.1) is 0 Å². The maximum Gasteiger partial charge on any atom is 0.217 e. The highest BCUT2D eigenvalue weighted by Crippen LogP contribution is 2.20. The molecule has 0 saturated carbocycles. The van der Waals surface area contributed by atoms with Gasteiger partial charge in [0.15, 0.2) is 0 Å². The highest BCUT2D eigenvalue weighted by atomic mass is 35.5. The van der Waals surface area contributed by atoms with Gasteiger partial charge in [0.1, 0.15) is 0 Å². The monoisotopic (exact) mass is 296 g/mol. The summed E-state index contributed by atoms with van der Waals surface area (Å²) < 4.78 is 5.19. The van der Waals surface area contributed by atoms with E-state index in [2.05, 4.69) is 10.3 Å². The SMILES string of the molecule is COc1ncccc1CNCc1cc(Cl)ccc1Cl. The summed E-state index contributed by atoms with van der Waals surface area (Å²) in [6, 6.07) is 9.28. The average Bonchev–Trinajstić information content (AvgIpc) is 2.43. The molecule has 0 aliphatic carbocycles. The largest absolute Gasteiger partial charge is 0.481 e. The summed E-state index contributed by atoms with van der Waals surface area (Å²) in [5, 5.41) is 4.68. The third kappa shape index (κ3) is 3.83. The van der Waals surface area contributed by atoms with Crippen LogP contribution < -0.4 is 10.1 Å². The van der Waals surface area contributed by atoms with Crippen LogP contribution in [0.2, 0.25) is 10.0 Å². The number of benzene rings is 1. The molecule has 0 saturated heterocycles. The Morgan fingerprint density at radius 1 is 1.16 bits per heavy atom. The highest BCUT2D eigenvalue weighted by Gasteiger charge is 2.04. The van der Waals surface area contributed by atoms with Crippen LogP contribution in [-0.2, 0) is 13.1 Å². The van der Waals surface area contributed by atoms with E-state index in [1.54, 1.807) is 25.4 Å². The topological polar surface area (TPSA) is 34.1 Å². The molecule has 19 heavy (non-hydrogen) atoms. The number of aromatic nitrogens is 1. The van der Waals surface area contributed by atoms with E-state index < -0.39 is 0 Å². The number of rotatable bonds is 5. The van der Waals surface area contributed by atoms with Crippen molar-refractivity contribution < 1.29 is 4.74 Å². The van der Waals surface area contributed by atoms with Crippen LogP contribution in [0, 0.1) is 0 Å². The normalized spacial score (nSPS) is 10.5. The van der Waals surface area contributed by atoms with E-state index in [1.807, 2.05) is 18.2 Å². The first-order valence-corrected chi connectivity index (χ1v) is 6.59. The first-order chi connectivity index (χ1) is 9.20. The summed E-state index contributed by atoms with van der Waals surface area (Å²) in [4.78, 5) is 4.15. The van der Waals surface area contributed by atoms with E-state index >= 15 is 0 Å². The summed E-state index contributed by atoms with van der Waals surface area (Å²) in [7, 11) is 1.61. The molecule has 1 aromatic carbocycles. The summed E-state index contributed by atoms with van der Waals surface area (Å²) in [5.41, 5.74) is 1.97. The van der Waals surface area contributed by atoms with Gasteiger partial charge in [-0.25, -0.2) is 4.98 Å². The van der Waals surface area contributed by atoms with Crippen molar-refractivity contribution in [3.05, 3.63) is 57.7 Å². The Bertz CT molecular complexity index is 561. The molecule has 0 atom stereocenters. The quantitative estimate of drug-likeness (QED) is 0.914. The van der Waals surface area contributed by atoms with Crippen molar-refractivity contribution in [2.75, 3.05) is 7.11 Å². The molecule has 5 heteroatoms. The van der Waals surface area contributed by atoms with Crippen LogP contribution >= 0.6 is 23.2 Å². The third-order valence-electron chi connectivity index (χ3n) is 2.68. The standard InChI is InChI=1S/C14H14Cl2N2O/c1-19-14-10(3-2-6-18-14)8-17-9-11-7-12(15)4-5-13(11)16/h2-7,17H,8-9H2,1H3. The molecule has 0 aliphatic rings. The van der Waals surface area contributed by atoms with Gasteiger partial charge in [-0.05, 0) is 29.8 Å². The van der Waals surface area contributed by atoms with Gasteiger partial charge in [-0.1, -0.05) is 29.3 Å². The smallest absolute Gasteiger partial charge is 0.217 e. The van der Waals surface area contributed by atoms with Gasteiger partial charge in [-0.2, -0.15) is 0 Å². The van der Waals surface area contributed by atoms with Gasteiger partial charge >= 0.3 is 0 Å². The van der Waals surface area contributed by atoms with E-state index in [9.17, 15) is 0 Å². The molecule has 0 aliphatic heterocycles. The Kier molecular flexibility index (Phi) is 5.02. The maximum absolute atomic E-state index is 6.10. The van der Waals surface area contributed by atoms with Crippen LogP contribution in [0.1, 0.15) is 11.1 Å². The molecule has 0 radical (unpaired) electrons. The number of pyridine rings is 1. The van der Waals surface area contributed by atoms with Crippen LogP contribution in [0.5, 0.6) is 5.88 Å². The summed E-state index contributed by atoms with van der Waals surface area (Å²) in [6.45, 7) is 1.29. The number of halogens is 2. The minimum absolute atomic E-state index is 0.632. The Labute approximate surface area is 122 Å². The molecule has 100 valence electrons. The van der Waals surface area contributed by atoms with Gasteiger partial charge in [0.25, 0.3) is 0 Å². The van der Waals surface area contributed by atoms with Crippen molar-refractivity contribution in [3.8, 4) is 5.88 Å². The Morgan fingerprint density at radius 3 is 2.74 bits per heavy atom. The van der Waals surface area contributed by atoms with Crippen LogP contribution in [-0.4, -0.2) is 12.1 Å². The fourth-order valence-electron chi connectivity index (χ4n) is 1.75. The van der Waals surface area contributed by atoms with Crippen LogP contribution in [0.3, 0.4) is 0 Å². The molecule has 1 aromatic heterocycles. The van der Waals surface area contributed by atoms with Gasteiger partial charge in [0.2, 0.25) is 5.88 Å². The Morgan fingerprint density at radius 2 is 1.95 bits per heavy atom. The lowest BCUT2D eigenvalue weighted by Gasteiger charge is -2.09. The number of methoxy groups -OCH3 is 1. The second kappa shape index (κ2) is 6.75. The van der Waals surface area contributed by atoms with E-state index in [1.165, 1.54) is 0 Å². The lowest BCUT2D eigenvalue weighted by atomic mass is 10.2. The molecule has 0 unspecified atom stereocenters. The highest BCUT2D eigenvalue weighted by molar-refractivity contribution is 6.33. The van der Waals surface area contributed by atoms with Crippen molar-refractivity contribution in [1.82, 2.24) is 10.3 Å². The lowest BCUT2D eigenvalue weighted by molar-refractivity contribution is 0.390. The molecule has 0 amide bonds. The first-order valence-electron chi connectivity index (χ1n) is 5.83. The van der Waals surface area contributed by atoms with Crippen LogP contribution in [0.15, 0.2) is 36.5 Å². The molecule has 3 nitrogen and oxygen atoms in total. The zero-order chi connectivity index (χ0) is 13.7. The van der Waals surface area contributed by atoms with E-state index in [-0.39, 0.29) is 0 Å². The molecular weight excluding hydrogens is 283 g/mol. The Hall–Kier alpha value is -1.29. The minimum Gasteiger partial charge on any atom is -0.481 e. The van der Waals surface area contributed by atoms with Gasteiger partial charge in [0.05, 0.1) is 7.11 Å². The summed E-state index contributed by atoms with van der Waals surface area (Å²) in [6.07, 6.45) is 1.70. The fraction of sp³-hybridized carbons (Fsp3) is 0.214. The summed E-state index contributed by atoms with van der Waals surface area (Å²) in [5.74, 6) is 0.632. The van der Waals surface area contributed by atoms with Crippen LogP contribution in [0.25, 0.3) is 0 Å².